The molecule has 21 heteroatoms. The lowest BCUT2D eigenvalue weighted by Crippen LogP contribution is -2.62. The number of ether oxygens (including phenoxy) is 3. The number of benzene rings is 1. The van der Waals surface area contributed by atoms with E-state index in [0.29, 0.717) is 19.0 Å². The lowest BCUT2D eigenvalue weighted by atomic mass is 9.90. The van der Waals surface area contributed by atoms with Crippen LogP contribution in [0.3, 0.4) is 0 Å². The Hall–Kier alpha value is -3.73. The molecule has 2 aromatic heterocycles. The molecular formula is C30H29F8N3O9S. The molecule has 1 amide bonds. The van der Waals surface area contributed by atoms with E-state index < -0.39 is 89.0 Å². The number of thiazole rings is 1. The molecule has 2 fully saturated rings. The molecule has 3 aromatic rings. The maximum absolute atomic E-state index is 14.0. The number of carbonyl (C=O) groups excluding carboxylic acids is 1. The van der Waals surface area contributed by atoms with E-state index in [2.05, 4.69) is 15.3 Å². The number of alkyl halides is 8. The van der Waals surface area contributed by atoms with Gasteiger partial charge in [0, 0.05) is 36.3 Å². The summed E-state index contributed by atoms with van der Waals surface area (Å²) in [5, 5.41) is 50.4. The van der Waals surface area contributed by atoms with Crippen LogP contribution < -0.4 is 14.8 Å². The Morgan fingerprint density at radius 1 is 0.941 bits per heavy atom. The van der Waals surface area contributed by atoms with Gasteiger partial charge in [0.25, 0.3) is 5.91 Å². The van der Waals surface area contributed by atoms with Crippen LogP contribution in [0.1, 0.15) is 45.3 Å². The van der Waals surface area contributed by atoms with Crippen LogP contribution in [0.4, 0.5) is 35.1 Å². The summed E-state index contributed by atoms with van der Waals surface area (Å²) in [6.07, 6.45) is -23.6. The van der Waals surface area contributed by atoms with Crippen molar-refractivity contribution in [2.75, 3.05) is 7.05 Å². The Balaban J connectivity index is 1.49. The molecular weight excluding hydrogens is 730 g/mol. The van der Waals surface area contributed by atoms with Crippen LogP contribution in [0.5, 0.6) is 11.6 Å². The number of aliphatic hydroxyl groups is 5. The number of halogens is 8. The molecule has 280 valence electrons. The smallest absolute Gasteiger partial charge is 0.433 e. The quantitative estimate of drug-likeness (QED) is 0.158. The predicted octanol–water partition coefficient (Wildman–Crippen LogP) is 2.74. The van der Waals surface area contributed by atoms with Gasteiger partial charge in [-0.2, -0.15) is 35.1 Å². The molecule has 12 nitrogen and oxygen atoms in total. The van der Waals surface area contributed by atoms with Gasteiger partial charge in [0.15, 0.2) is 6.10 Å². The maximum Gasteiger partial charge on any atom is 0.433 e. The fourth-order valence-corrected chi connectivity index (χ4v) is 6.30. The highest BCUT2D eigenvalue weighted by molar-refractivity contribution is 7.11. The van der Waals surface area contributed by atoms with E-state index in [9.17, 15) is 65.5 Å². The summed E-state index contributed by atoms with van der Waals surface area (Å²) in [5.74, 6) is -2.79. The number of hydrogen-bond acceptors (Lipinski definition) is 12. The van der Waals surface area contributed by atoms with E-state index in [1.165, 1.54) is 19.2 Å². The molecule has 1 aliphatic heterocycles. The van der Waals surface area contributed by atoms with Gasteiger partial charge in [0.2, 0.25) is 12.2 Å². The second kappa shape index (κ2) is 14.0. The summed E-state index contributed by atoms with van der Waals surface area (Å²) in [4.78, 5) is 19.1. The average molecular weight is 760 g/mol. The van der Waals surface area contributed by atoms with E-state index >= 15 is 0 Å². The van der Waals surface area contributed by atoms with E-state index in [1.807, 2.05) is 0 Å². The number of nitrogens with one attached hydrogen (secondary N) is 1. The minimum Gasteiger partial charge on any atom is -0.490 e. The number of hydrogen-bond donors (Lipinski definition) is 6. The van der Waals surface area contributed by atoms with Gasteiger partial charge in [-0.3, -0.25) is 4.79 Å². The number of aliphatic hydroxyl groups excluding tert-OH is 3. The Kier molecular flexibility index (Phi) is 10.6. The van der Waals surface area contributed by atoms with Crippen molar-refractivity contribution in [3.63, 3.8) is 0 Å². The monoisotopic (exact) mass is 759 g/mol. The predicted molar refractivity (Wildman–Crippen MR) is 155 cm³/mol. The number of amides is 1. The molecule has 1 aliphatic carbocycles. The third kappa shape index (κ3) is 7.88. The normalized spacial score (nSPS) is 23.8. The topological polar surface area (TPSA) is 184 Å². The van der Waals surface area contributed by atoms with Crippen molar-refractivity contribution in [1.82, 2.24) is 15.3 Å². The number of aromatic nitrogens is 2. The summed E-state index contributed by atoms with van der Waals surface area (Å²) in [6.45, 7) is 0. The fraction of sp³-hybridized carbons (Fsp3) is 0.500. The summed E-state index contributed by atoms with van der Waals surface area (Å²) in [5.41, 5.74) is -5.97. The summed E-state index contributed by atoms with van der Waals surface area (Å²) < 4.78 is 126. The summed E-state index contributed by atoms with van der Waals surface area (Å²) >= 11 is -0.117. The minimum atomic E-state index is -6.22. The first kappa shape index (κ1) is 38.5. The zero-order chi connectivity index (χ0) is 37.7. The van der Waals surface area contributed by atoms with Crippen LogP contribution in [-0.4, -0.2) is 97.6 Å². The van der Waals surface area contributed by atoms with Crippen LogP contribution in [-0.2, 0) is 27.7 Å². The Bertz CT molecular complexity index is 1690. The third-order valence-electron chi connectivity index (χ3n) is 8.10. The standard InChI is InChI=1S/C30H29F8N3O9S/c1-39-24(45)23-21(43)20(42)22(44)25(50-23)49-19-7-2-12(10-40-19)8-15(13-3-6-16(28(31,32)47)17(9-13)48-14-4-5-14)18-11-41-26(51-18)27(46,29(33,34)35)30(36,37)38/h2-3,6-7,9-11,14-15,20-23,25,42-44,46-47H,4-5,8H2,1H3,(H,39,45)/t15-,20?,21-,22+,23?,25+/m0/s1. The molecule has 5 rings (SSSR count). The first-order valence-electron chi connectivity index (χ1n) is 14.9. The number of rotatable bonds is 11. The molecule has 3 heterocycles. The van der Waals surface area contributed by atoms with Crippen LogP contribution in [0.25, 0.3) is 0 Å². The molecule has 0 spiro atoms. The molecule has 51 heavy (non-hydrogen) atoms. The lowest BCUT2D eigenvalue weighted by molar-refractivity contribution is -0.376. The molecule has 2 aliphatic rings. The van der Waals surface area contributed by atoms with Crippen LogP contribution in [0, 0.1) is 0 Å². The van der Waals surface area contributed by atoms with Crippen molar-refractivity contribution < 1.29 is 79.7 Å². The van der Waals surface area contributed by atoms with Gasteiger partial charge in [-0.05, 0) is 42.5 Å². The van der Waals surface area contributed by atoms with Gasteiger partial charge < -0.3 is 45.1 Å². The first-order valence-corrected chi connectivity index (χ1v) is 15.7. The minimum absolute atomic E-state index is 0.0447. The molecule has 0 radical (unpaired) electrons. The van der Waals surface area contributed by atoms with E-state index in [4.69, 9.17) is 14.2 Å². The summed E-state index contributed by atoms with van der Waals surface area (Å²) in [7, 11) is 1.23. The molecule has 0 bridgehead atoms. The fourth-order valence-electron chi connectivity index (χ4n) is 5.13. The van der Waals surface area contributed by atoms with Gasteiger partial charge in [-0.15, -0.1) is 11.3 Å². The second-order valence-corrected chi connectivity index (χ2v) is 12.8. The third-order valence-corrected chi connectivity index (χ3v) is 9.32. The highest BCUT2D eigenvalue weighted by Gasteiger charge is 2.73. The van der Waals surface area contributed by atoms with Crippen molar-refractivity contribution >= 4 is 17.2 Å². The highest BCUT2D eigenvalue weighted by Crippen LogP contribution is 2.52. The van der Waals surface area contributed by atoms with Crippen LogP contribution in [0.15, 0.2) is 42.7 Å². The molecule has 2 unspecified atom stereocenters. The van der Waals surface area contributed by atoms with E-state index in [1.54, 1.807) is 0 Å². The van der Waals surface area contributed by atoms with E-state index in [-0.39, 0.29) is 39.6 Å². The molecule has 1 saturated carbocycles. The number of nitrogens with zero attached hydrogens (tertiary/aromatic N) is 2. The number of pyridine rings is 1. The van der Waals surface area contributed by atoms with Crippen molar-refractivity contribution in [2.24, 2.45) is 0 Å². The second-order valence-electron chi connectivity index (χ2n) is 11.8. The molecule has 6 N–H and O–H groups in total. The number of carbonyl (C=O) groups is 1. The Labute approximate surface area is 286 Å². The van der Waals surface area contributed by atoms with Crippen molar-refractivity contribution in [3.8, 4) is 11.6 Å². The lowest BCUT2D eigenvalue weighted by Gasteiger charge is -2.39. The number of likely N-dealkylation sites (N-methyl/N-ethyl adjacent to an activating group) is 1. The largest absolute Gasteiger partial charge is 0.490 e. The van der Waals surface area contributed by atoms with Crippen molar-refractivity contribution in [1.29, 1.82) is 0 Å². The maximum atomic E-state index is 14.0. The zero-order valence-corrected chi connectivity index (χ0v) is 26.7. The SMILES string of the molecule is CNC(=O)C1O[C@@H](Oc2ccc(C[C@@H](c3ccc(C(O)(F)F)c(OC4CC4)c3)c3cnc(C(O)(C(F)(F)F)C(F)(F)F)s3)cn2)[C@H](O)C(O)[C@@H]1O. The van der Waals surface area contributed by atoms with Gasteiger partial charge >= 0.3 is 24.1 Å². The summed E-state index contributed by atoms with van der Waals surface area (Å²) in [6, 6.07) is 5.48. The Morgan fingerprint density at radius 2 is 1.61 bits per heavy atom. The molecule has 6 atom stereocenters. The first-order chi connectivity index (χ1) is 23.7. The van der Waals surface area contributed by atoms with Gasteiger partial charge in [0.1, 0.15) is 29.1 Å². The van der Waals surface area contributed by atoms with Gasteiger partial charge in [0.05, 0.1) is 11.7 Å². The van der Waals surface area contributed by atoms with Gasteiger partial charge in [-0.1, -0.05) is 12.1 Å². The van der Waals surface area contributed by atoms with Gasteiger partial charge in [-0.25, -0.2) is 9.97 Å². The van der Waals surface area contributed by atoms with Crippen LogP contribution >= 0.6 is 11.3 Å². The van der Waals surface area contributed by atoms with Crippen LogP contribution in [0.2, 0.25) is 0 Å². The Morgan fingerprint density at radius 3 is 2.16 bits per heavy atom. The highest BCUT2D eigenvalue weighted by atomic mass is 32.1. The zero-order valence-electron chi connectivity index (χ0n) is 25.9. The molecule has 1 saturated heterocycles. The van der Waals surface area contributed by atoms with Crippen molar-refractivity contribution in [2.45, 2.75) is 86.1 Å². The van der Waals surface area contributed by atoms with Crippen molar-refractivity contribution in [3.05, 3.63) is 69.3 Å². The van der Waals surface area contributed by atoms with E-state index in [0.717, 1.165) is 24.4 Å². The average Bonchev–Trinajstić information content (AvgIpc) is 3.73. The molecule has 1 aromatic carbocycles.